The SMILES string of the molecule is O=S(=O)(Cl)c1cc(CNc2cc(F)c(F)c(F)c2)ccc1F. The van der Waals surface area contributed by atoms with Crippen molar-refractivity contribution in [2.75, 3.05) is 5.32 Å². The maximum absolute atomic E-state index is 13.4. The molecule has 0 spiro atoms. The summed E-state index contributed by atoms with van der Waals surface area (Å²) in [7, 11) is 0.825. The van der Waals surface area contributed by atoms with Gasteiger partial charge in [-0.1, -0.05) is 6.07 Å². The molecule has 0 aromatic heterocycles. The molecule has 0 heterocycles. The van der Waals surface area contributed by atoms with E-state index in [9.17, 15) is 26.0 Å². The van der Waals surface area contributed by atoms with Gasteiger partial charge in [0, 0.05) is 35.0 Å². The van der Waals surface area contributed by atoms with Gasteiger partial charge in [0.1, 0.15) is 10.7 Å². The molecular formula is C13H8ClF4NO2S. The second kappa shape index (κ2) is 6.13. The van der Waals surface area contributed by atoms with Crippen LogP contribution in [0, 0.1) is 23.3 Å². The van der Waals surface area contributed by atoms with Gasteiger partial charge in [0.05, 0.1) is 0 Å². The van der Waals surface area contributed by atoms with E-state index in [1.54, 1.807) is 0 Å². The van der Waals surface area contributed by atoms with Crippen LogP contribution in [0.25, 0.3) is 0 Å². The number of benzene rings is 2. The smallest absolute Gasteiger partial charge is 0.264 e. The molecule has 118 valence electrons. The van der Waals surface area contributed by atoms with Crippen LogP contribution in [0.3, 0.4) is 0 Å². The van der Waals surface area contributed by atoms with Crippen LogP contribution in [0.4, 0.5) is 23.2 Å². The van der Waals surface area contributed by atoms with Crippen LogP contribution in [0.5, 0.6) is 0 Å². The molecule has 3 nitrogen and oxygen atoms in total. The lowest BCUT2D eigenvalue weighted by atomic mass is 10.2. The monoisotopic (exact) mass is 353 g/mol. The Balaban J connectivity index is 2.23. The maximum Gasteiger partial charge on any atom is 0.264 e. The Hall–Kier alpha value is -1.80. The molecule has 0 atom stereocenters. The van der Waals surface area contributed by atoms with Crippen molar-refractivity contribution in [1.82, 2.24) is 0 Å². The zero-order chi connectivity index (χ0) is 16.5. The number of hydrogen-bond acceptors (Lipinski definition) is 3. The molecule has 0 amide bonds. The minimum absolute atomic E-state index is 0.0593. The molecule has 0 bridgehead atoms. The normalized spacial score (nSPS) is 11.5. The van der Waals surface area contributed by atoms with Gasteiger partial charge in [-0.2, -0.15) is 0 Å². The second-order valence-electron chi connectivity index (χ2n) is 4.31. The second-order valence-corrected chi connectivity index (χ2v) is 6.84. The fourth-order valence-corrected chi connectivity index (χ4v) is 2.65. The molecule has 2 rings (SSSR count). The summed E-state index contributed by atoms with van der Waals surface area (Å²) in [5, 5.41) is 2.56. The quantitative estimate of drug-likeness (QED) is 0.517. The van der Waals surface area contributed by atoms with Crippen molar-refractivity contribution in [3.05, 3.63) is 59.2 Å². The number of anilines is 1. The molecule has 1 N–H and O–H groups in total. The Morgan fingerprint density at radius 1 is 0.955 bits per heavy atom. The number of rotatable bonds is 4. The van der Waals surface area contributed by atoms with Gasteiger partial charge >= 0.3 is 0 Å². The Morgan fingerprint density at radius 3 is 2.09 bits per heavy atom. The number of hydrogen-bond donors (Lipinski definition) is 1. The summed E-state index contributed by atoms with van der Waals surface area (Å²) in [5.41, 5.74) is 0.238. The maximum atomic E-state index is 13.4. The lowest BCUT2D eigenvalue weighted by Gasteiger charge is -2.09. The lowest BCUT2D eigenvalue weighted by Crippen LogP contribution is -2.04. The standard InChI is InChI=1S/C13H8ClF4NO2S/c14-22(20,21)12-3-7(1-2-9(12)15)6-19-8-4-10(16)13(18)11(17)5-8/h1-5,19H,6H2. The summed E-state index contributed by atoms with van der Waals surface area (Å²) in [6.45, 7) is -0.0792. The number of halogens is 5. The predicted molar refractivity (Wildman–Crippen MR) is 73.1 cm³/mol. The third kappa shape index (κ3) is 3.69. The fourth-order valence-electron chi connectivity index (χ4n) is 1.71. The molecule has 0 aliphatic rings. The van der Waals surface area contributed by atoms with Gasteiger partial charge in [-0.25, -0.2) is 26.0 Å². The summed E-state index contributed by atoms with van der Waals surface area (Å²) in [6.07, 6.45) is 0. The van der Waals surface area contributed by atoms with Crippen molar-refractivity contribution in [3.63, 3.8) is 0 Å². The zero-order valence-electron chi connectivity index (χ0n) is 10.7. The largest absolute Gasteiger partial charge is 0.381 e. The Labute approximate surface area is 127 Å². The summed E-state index contributed by atoms with van der Waals surface area (Å²) in [5.74, 6) is -5.35. The van der Waals surface area contributed by atoms with E-state index >= 15 is 0 Å². The summed E-state index contributed by atoms with van der Waals surface area (Å²) in [4.78, 5) is -0.704. The molecule has 0 radical (unpaired) electrons. The van der Waals surface area contributed by atoms with E-state index in [1.807, 2.05) is 0 Å². The topological polar surface area (TPSA) is 46.2 Å². The van der Waals surface area contributed by atoms with Gasteiger partial charge in [-0.15, -0.1) is 0 Å². The van der Waals surface area contributed by atoms with Crippen molar-refractivity contribution in [3.8, 4) is 0 Å². The van der Waals surface area contributed by atoms with E-state index in [0.717, 1.165) is 24.3 Å². The Kier molecular flexibility index (Phi) is 4.62. The highest BCUT2D eigenvalue weighted by atomic mass is 35.7. The van der Waals surface area contributed by atoms with Crippen molar-refractivity contribution in [2.24, 2.45) is 0 Å². The predicted octanol–water partition coefficient (Wildman–Crippen LogP) is 3.78. The first-order valence-electron chi connectivity index (χ1n) is 5.80. The van der Waals surface area contributed by atoms with E-state index in [1.165, 1.54) is 6.07 Å². The summed E-state index contributed by atoms with van der Waals surface area (Å²) in [6, 6.07) is 4.63. The van der Waals surface area contributed by atoms with Crippen LogP contribution >= 0.6 is 10.7 Å². The van der Waals surface area contributed by atoms with E-state index < -0.39 is 37.2 Å². The van der Waals surface area contributed by atoms with Crippen LogP contribution in [-0.4, -0.2) is 8.42 Å². The average Bonchev–Trinajstić information content (AvgIpc) is 2.42. The first-order valence-corrected chi connectivity index (χ1v) is 8.11. The van der Waals surface area contributed by atoms with Gasteiger partial charge in [-0.05, 0) is 17.7 Å². The Morgan fingerprint density at radius 2 is 1.55 bits per heavy atom. The van der Waals surface area contributed by atoms with Gasteiger partial charge in [0.15, 0.2) is 17.5 Å². The van der Waals surface area contributed by atoms with Crippen molar-refractivity contribution < 1.29 is 26.0 Å². The lowest BCUT2D eigenvalue weighted by molar-refractivity contribution is 0.447. The molecule has 0 aliphatic heterocycles. The highest BCUT2D eigenvalue weighted by molar-refractivity contribution is 8.13. The van der Waals surface area contributed by atoms with Crippen LogP contribution in [0.2, 0.25) is 0 Å². The fraction of sp³-hybridized carbons (Fsp3) is 0.0769. The minimum atomic E-state index is -4.26. The summed E-state index contributed by atoms with van der Waals surface area (Å²) < 4.78 is 74.6. The molecule has 9 heteroatoms. The minimum Gasteiger partial charge on any atom is -0.381 e. The third-order valence-electron chi connectivity index (χ3n) is 2.74. The Bertz CT molecular complexity index is 804. The molecule has 22 heavy (non-hydrogen) atoms. The molecule has 2 aromatic rings. The highest BCUT2D eigenvalue weighted by Crippen LogP contribution is 2.22. The van der Waals surface area contributed by atoms with Crippen LogP contribution in [0.15, 0.2) is 35.2 Å². The molecule has 0 fully saturated rings. The van der Waals surface area contributed by atoms with Crippen molar-refractivity contribution in [1.29, 1.82) is 0 Å². The van der Waals surface area contributed by atoms with Crippen molar-refractivity contribution >= 4 is 25.4 Å². The van der Waals surface area contributed by atoms with Crippen molar-refractivity contribution in [2.45, 2.75) is 11.4 Å². The van der Waals surface area contributed by atoms with Crippen LogP contribution < -0.4 is 5.32 Å². The van der Waals surface area contributed by atoms with E-state index in [2.05, 4.69) is 5.32 Å². The molecule has 2 aromatic carbocycles. The van der Waals surface area contributed by atoms with Gasteiger partial charge in [0.2, 0.25) is 0 Å². The first kappa shape index (κ1) is 16.6. The molecule has 0 aliphatic carbocycles. The van der Waals surface area contributed by atoms with Crippen LogP contribution in [-0.2, 0) is 15.6 Å². The summed E-state index contributed by atoms with van der Waals surface area (Å²) >= 11 is 0. The number of nitrogens with one attached hydrogen (secondary N) is 1. The third-order valence-corrected chi connectivity index (χ3v) is 4.08. The van der Waals surface area contributed by atoms with Gasteiger partial charge < -0.3 is 5.32 Å². The molecular weight excluding hydrogens is 346 g/mol. The molecule has 0 unspecified atom stereocenters. The van der Waals surface area contributed by atoms with E-state index in [4.69, 9.17) is 10.7 Å². The average molecular weight is 354 g/mol. The zero-order valence-corrected chi connectivity index (χ0v) is 12.3. The molecule has 0 saturated heterocycles. The first-order chi connectivity index (χ1) is 10.2. The highest BCUT2D eigenvalue weighted by Gasteiger charge is 2.17. The van der Waals surface area contributed by atoms with E-state index in [0.29, 0.717) is 5.56 Å². The van der Waals surface area contributed by atoms with Gasteiger partial charge in [0.25, 0.3) is 9.05 Å². The van der Waals surface area contributed by atoms with Gasteiger partial charge in [-0.3, -0.25) is 0 Å². The van der Waals surface area contributed by atoms with E-state index in [-0.39, 0.29) is 12.2 Å². The molecule has 0 saturated carbocycles. The van der Waals surface area contributed by atoms with Crippen LogP contribution in [0.1, 0.15) is 5.56 Å².